The zero-order valence-corrected chi connectivity index (χ0v) is 45.0. The number of halogens is 2. The quantitative estimate of drug-likeness (QED) is 0.0169. The van der Waals surface area contributed by atoms with E-state index >= 15 is 0 Å². The molecule has 0 saturated heterocycles. The van der Waals surface area contributed by atoms with Crippen LogP contribution in [0, 0.1) is 0 Å². The van der Waals surface area contributed by atoms with Gasteiger partial charge in [0.2, 0.25) is 23.6 Å². The van der Waals surface area contributed by atoms with Crippen LogP contribution in [0.2, 0.25) is 0 Å². The van der Waals surface area contributed by atoms with Crippen molar-refractivity contribution in [2.75, 3.05) is 24.2 Å². The topological polar surface area (TPSA) is 212 Å². The van der Waals surface area contributed by atoms with Crippen molar-refractivity contribution in [3.8, 4) is 0 Å². The molecule has 0 aliphatic heterocycles. The first-order valence-electron chi connectivity index (χ1n) is 26.2. The largest absolute Gasteiger partial charge is 0.481 e. The van der Waals surface area contributed by atoms with Crippen LogP contribution in [0.5, 0.6) is 0 Å². The van der Waals surface area contributed by atoms with Gasteiger partial charge < -0.3 is 35.8 Å². The predicted molar refractivity (Wildman–Crippen MR) is 278 cm³/mol. The number of ether oxygens (including phenoxy) is 2. The number of esters is 2. The average Bonchev–Trinajstić information content (AvgIpc) is 3.30. The number of unbranched alkanes of at least 4 members (excludes halogenated alkanes) is 24. The number of aliphatic carboxylic acids is 1. The van der Waals surface area contributed by atoms with E-state index in [0.717, 1.165) is 75.5 Å². The van der Waals surface area contributed by atoms with E-state index in [0.29, 0.717) is 19.3 Å². The van der Waals surface area contributed by atoms with Gasteiger partial charge in [0.1, 0.15) is 24.7 Å². The normalized spacial score (nSPS) is 12.7. The highest BCUT2D eigenvalue weighted by Crippen LogP contribution is 2.16. The molecule has 68 heavy (non-hydrogen) atoms. The Bertz CT molecular complexity index is 1330. The lowest BCUT2D eigenvalue weighted by atomic mass is 10.1. The summed E-state index contributed by atoms with van der Waals surface area (Å²) in [6.07, 6.45) is 27.5. The van der Waals surface area contributed by atoms with E-state index in [-0.39, 0.29) is 49.3 Å². The Balaban J connectivity index is 0. The lowest BCUT2D eigenvalue weighted by molar-refractivity contribution is -0.163. The summed E-state index contributed by atoms with van der Waals surface area (Å²) in [5, 5.41) is 14.6. The van der Waals surface area contributed by atoms with Crippen LogP contribution in [0.3, 0.4) is 0 Å². The first-order valence-corrected chi connectivity index (χ1v) is 27.9. The van der Waals surface area contributed by atoms with Gasteiger partial charge in [0, 0.05) is 31.4 Å². The molecule has 0 bridgehead atoms. The van der Waals surface area contributed by atoms with E-state index in [2.05, 4.69) is 44.0 Å². The molecule has 0 heterocycles. The van der Waals surface area contributed by atoms with Crippen molar-refractivity contribution in [3.63, 3.8) is 0 Å². The first-order chi connectivity index (χ1) is 32.7. The van der Waals surface area contributed by atoms with Gasteiger partial charge in [-0.05, 0) is 32.6 Å². The van der Waals surface area contributed by atoms with E-state index in [9.17, 15) is 38.7 Å². The molecule has 0 radical (unpaired) electrons. The minimum Gasteiger partial charge on any atom is -0.481 e. The smallest absolute Gasteiger partial charge is 0.306 e. The zero-order chi connectivity index (χ0) is 51.2. The van der Waals surface area contributed by atoms with Crippen LogP contribution in [0.1, 0.15) is 233 Å². The fraction of sp³-hybridized carbons (Fsp3) is 0.863. The van der Waals surface area contributed by atoms with Gasteiger partial charge in [-0.2, -0.15) is 12.6 Å². The number of nitrogens with zero attached hydrogens (tertiary/aromatic N) is 1. The van der Waals surface area contributed by atoms with Crippen LogP contribution >= 0.6 is 35.8 Å². The maximum Gasteiger partial charge on any atom is 0.306 e. The standard InChI is InChI=1S/C50H92N4O10S.CH2Cl2/c1-5-8-11-14-17-20-23-26-29-32-44(55)52-43(39-65)50(62)54(40(4)49(61)53-42(48(51)60)35-36-45(56)57)37-41(64-47(59)34-31-28-25-22-19-16-13-10-7-3)38-63-46(58)33-30-27-24-21-18-15-12-9-6-2;2-1-3/h40-43,65H,5-39H2,1-4H3,(H2,51,60)(H,52,55)(H,53,61)(H,56,57);1H2/t40-,41+,42+,43-;/m0./s1. The third kappa shape index (κ3) is 40.0. The fourth-order valence-corrected chi connectivity index (χ4v) is 7.93. The second kappa shape index (κ2) is 47.9. The molecule has 398 valence electrons. The molecule has 0 aromatic rings. The van der Waals surface area contributed by atoms with Gasteiger partial charge in [-0.1, -0.05) is 175 Å². The molecule has 0 unspecified atom stereocenters. The van der Waals surface area contributed by atoms with Crippen molar-refractivity contribution >= 4 is 77.4 Å². The Kier molecular flexibility index (Phi) is 47.4. The van der Waals surface area contributed by atoms with Gasteiger partial charge >= 0.3 is 17.9 Å². The summed E-state index contributed by atoms with van der Waals surface area (Å²) in [5.74, 6) is -5.16. The average molecular weight is 1030 g/mol. The molecule has 0 aromatic heterocycles. The van der Waals surface area contributed by atoms with E-state index in [1.807, 2.05) is 0 Å². The van der Waals surface area contributed by atoms with Crippen LogP contribution in [-0.4, -0.2) is 100 Å². The SMILES string of the molecule is CCCCCCCCCCCC(=O)N[C@@H](CS)C(=O)N(C[C@H](COC(=O)CCCCCCCCCCC)OC(=O)CCCCCCCCCCC)[C@@H](C)C(=O)N[C@H](CCC(=O)O)C(N)=O.ClCCl. The fourth-order valence-electron chi connectivity index (χ4n) is 7.68. The van der Waals surface area contributed by atoms with Crippen molar-refractivity contribution in [3.05, 3.63) is 0 Å². The van der Waals surface area contributed by atoms with Crippen molar-refractivity contribution in [2.45, 2.75) is 257 Å². The van der Waals surface area contributed by atoms with E-state index < -0.39 is 72.8 Å². The van der Waals surface area contributed by atoms with Crippen molar-refractivity contribution in [2.24, 2.45) is 5.73 Å². The molecule has 4 atom stereocenters. The Hall–Kier alpha value is -2.78. The van der Waals surface area contributed by atoms with Crippen LogP contribution < -0.4 is 16.4 Å². The molecule has 0 aliphatic carbocycles. The number of carboxylic acid groups (broad SMARTS) is 1. The Morgan fingerprint density at radius 2 is 0.985 bits per heavy atom. The molecule has 0 fully saturated rings. The molecule has 0 saturated carbocycles. The molecular weight excluding hydrogens is 932 g/mol. The van der Waals surface area contributed by atoms with E-state index in [4.69, 9.17) is 38.4 Å². The highest BCUT2D eigenvalue weighted by Gasteiger charge is 2.36. The predicted octanol–water partition coefficient (Wildman–Crippen LogP) is 11.1. The first kappa shape index (κ1) is 67.3. The number of thiol groups is 1. The monoisotopic (exact) mass is 1020 g/mol. The second-order valence-corrected chi connectivity index (χ2v) is 19.2. The number of primary amides is 1. The molecule has 5 N–H and O–H groups in total. The number of nitrogens with one attached hydrogen (secondary N) is 2. The summed E-state index contributed by atoms with van der Waals surface area (Å²) in [6.45, 7) is 7.20. The summed E-state index contributed by atoms with van der Waals surface area (Å²) in [6, 6.07) is -3.85. The number of amides is 4. The summed E-state index contributed by atoms with van der Waals surface area (Å²) in [5.41, 5.74) is 5.51. The van der Waals surface area contributed by atoms with Gasteiger partial charge in [-0.15, -0.1) is 23.2 Å². The maximum atomic E-state index is 14.4. The minimum absolute atomic E-state index is 0.112. The molecule has 0 rings (SSSR count). The number of alkyl halides is 2. The van der Waals surface area contributed by atoms with Crippen LogP contribution in [0.4, 0.5) is 0 Å². The molecule has 17 heteroatoms. The number of carbonyl (C=O) groups is 7. The maximum absolute atomic E-state index is 14.4. The molecule has 4 amide bonds. The van der Waals surface area contributed by atoms with Gasteiger partial charge in [0.05, 0.1) is 11.9 Å². The molecule has 14 nitrogen and oxygen atoms in total. The Morgan fingerprint density at radius 1 is 0.588 bits per heavy atom. The van der Waals surface area contributed by atoms with E-state index in [1.54, 1.807) is 0 Å². The number of carbonyl (C=O) groups excluding carboxylic acids is 6. The number of nitrogens with two attached hydrogens (primary N) is 1. The lowest BCUT2D eigenvalue weighted by Crippen LogP contribution is -2.59. The van der Waals surface area contributed by atoms with Crippen molar-refractivity contribution in [1.82, 2.24) is 15.5 Å². The zero-order valence-electron chi connectivity index (χ0n) is 42.6. The number of hydrogen-bond acceptors (Lipinski definition) is 10. The third-order valence-corrected chi connectivity index (χ3v) is 12.2. The summed E-state index contributed by atoms with van der Waals surface area (Å²) >= 11 is 13.9. The molecule has 0 aromatic carbocycles. The number of rotatable bonds is 45. The summed E-state index contributed by atoms with van der Waals surface area (Å²) in [7, 11) is 0. The Morgan fingerprint density at radius 3 is 1.38 bits per heavy atom. The summed E-state index contributed by atoms with van der Waals surface area (Å²) < 4.78 is 11.5. The van der Waals surface area contributed by atoms with Crippen LogP contribution in [0.25, 0.3) is 0 Å². The van der Waals surface area contributed by atoms with Gasteiger partial charge in [0.25, 0.3) is 0 Å². The molecule has 0 spiro atoms. The van der Waals surface area contributed by atoms with Gasteiger partial charge in [-0.3, -0.25) is 33.6 Å². The lowest BCUT2D eigenvalue weighted by Gasteiger charge is -2.34. The highest BCUT2D eigenvalue weighted by molar-refractivity contribution is 7.80. The second-order valence-electron chi connectivity index (χ2n) is 18.0. The number of hydrogen-bond donors (Lipinski definition) is 5. The minimum atomic E-state index is -1.35. The third-order valence-electron chi connectivity index (χ3n) is 11.9. The molecule has 0 aliphatic rings. The van der Waals surface area contributed by atoms with Gasteiger partial charge in [0.15, 0.2) is 6.10 Å². The highest BCUT2D eigenvalue weighted by atomic mass is 35.5. The van der Waals surface area contributed by atoms with Crippen molar-refractivity contribution < 1.29 is 48.1 Å². The van der Waals surface area contributed by atoms with Crippen LogP contribution in [-0.2, 0) is 43.0 Å². The summed E-state index contributed by atoms with van der Waals surface area (Å²) in [4.78, 5) is 92.2. The number of carboxylic acids is 1. The van der Waals surface area contributed by atoms with Gasteiger partial charge in [-0.25, -0.2) is 0 Å². The molecular formula is C51H94Cl2N4O10S. The van der Waals surface area contributed by atoms with Crippen molar-refractivity contribution in [1.29, 1.82) is 0 Å². The van der Waals surface area contributed by atoms with E-state index in [1.165, 1.54) is 90.4 Å². The van der Waals surface area contributed by atoms with Crippen LogP contribution in [0.15, 0.2) is 0 Å². The Labute approximate surface area is 426 Å².